The van der Waals surface area contributed by atoms with Crippen LogP contribution in [0.25, 0.3) is 20.2 Å². The summed E-state index contributed by atoms with van der Waals surface area (Å²) in [7, 11) is 1.57. The Kier molecular flexibility index (Phi) is 5.66. The van der Waals surface area contributed by atoms with Gasteiger partial charge in [0, 0.05) is 39.2 Å². The van der Waals surface area contributed by atoms with Crippen LogP contribution in [0.15, 0.2) is 36.4 Å². The van der Waals surface area contributed by atoms with Crippen LogP contribution in [0.3, 0.4) is 0 Å². The molecule has 1 aromatic heterocycles. The van der Waals surface area contributed by atoms with Gasteiger partial charge in [-0.2, -0.15) is 0 Å². The van der Waals surface area contributed by atoms with Gasteiger partial charge in [-0.15, -0.1) is 17.3 Å². The number of ether oxygens (including phenoxy) is 1. The Bertz CT molecular complexity index is 1320. The van der Waals surface area contributed by atoms with E-state index >= 15 is 0 Å². The summed E-state index contributed by atoms with van der Waals surface area (Å²) in [5.41, 5.74) is 1.04. The van der Waals surface area contributed by atoms with Crippen molar-refractivity contribution < 1.29 is 14.3 Å². The first-order chi connectivity index (χ1) is 15.3. The van der Waals surface area contributed by atoms with E-state index in [2.05, 4.69) is 36.1 Å². The molecule has 2 heterocycles. The average Bonchev–Trinajstić information content (AvgIpc) is 3.14. The first-order valence-electron chi connectivity index (χ1n) is 10.5. The van der Waals surface area contributed by atoms with Crippen LogP contribution in [0, 0.1) is 17.3 Å². The third kappa shape index (κ3) is 3.61. The molecule has 32 heavy (non-hydrogen) atoms. The largest absolute Gasteiger partial charge is 0.444 e. The number of carbonyl (C=O) groups excluding carboxylic acids is 2. The number of hydrogen-bond acceptors (Lipinski definition) is 5. The van der Waals surface area contributed by atoms with Crippen molar-refractivity contribution in [1.82, 2.24) is 9.80 Å². The van der Waals surface area contributed by atoms with E-state index in [1.165, 1.54) is 9.60 Å². The second kappa shape index (κ2) is 8.29. The molecule has 1 aliphatic heterocycles. The average molecular weight is 448 g/mol. The molecule has 0 bridgehead atoms. The zero-order chi connectivity index (χ0) is 23.0. The predicted molar refractivity (Wildman–Crippen MR) is 127 cm³/mol. The summed E-state index contributed by atoms with van der Waals surface area (Å²) in [6.07, 6.45) is 0.429. The summed E-state index contributed by atoms with van der Waals surface area (Å²) in [4.78, 5) is 27.5. The van der Waals surface area contributed by atoms with Crippen LogP contribution >= 0.6 is 11.3 Å². The topological polar surface area (TPSA) is 73.7 Å². The molecule has 1 saturated heterocycles. The van der Waals surface area contributed by atoms with Gasteiger partial charge in [-0.1, -0.05) is 18.9 Å². The van der Waals surface area contributed by atoms with Gasteiger partial charge in [0.25, 0.3) is 0 Å². The molecular formula is C25H25N3O3S. The first-order valence-corrected chi connectivity index (χ1v) is 11.3. The summed E-state index contributed by atoms with van der Waals surface area (Å²) in [5, 5.41) is 10.8. The lowest BCUT2D eigenvalue weighted by Crippen LogP contribution is -2.61. The molecule has 3 aromatic rings. The number of rotatable bonds is 4. The number of guanidine groups is 1. The predicted octanol–water partition coefficient (Wildman–Crippen LogP) is 4.65. The van der Waals surface area contributed by atoms with Gasteiger partial charge in [0.05, 0.1) is 12.0 Å². The molecule has 6 nitrogen and oxygen atoms in total. The van der Waals surface area contributed by atoms with E-state index in [1.807, 2.05) is 26.0 Å². The number of carbonyl (C=O) groups is 2. The van der Waals surface area contributed by atoms with Crippen molar-refractivity contribution in [3.05, 3.63) is 47.5 Å². The fourth-order valence-corrected chi connectivity index (χ4v) is 5.14. The maximum absolute atomic E-state index is 12.7. The van der Waals surface area contributed by atoms with Gasteiger partial charge in [0.1, 0.15) is 0 Å². The van der Waals surface area contributed by atoms with Crippen molar-refractivity contribution in [1.29, 1.82) is 5.41 Å². The Hall–Kier alpha value is -3.37. The van der Waals surface area contributed by atoms with Crippen molar-refractivity contribution in [3.63, 3.8) is 0 Å². The Morgan fingerprint density at radius 3 is 2.59 bits per heavy atom. The number of fused-ring (bicyclic) bond motifs is 3. The molecule has 1 fully saturated rings. The smallest absolute Gasteiger partial charge is 0.307 e. The quantitative estimate of drug-likeness (QED) is 0.467. The van der Waals surface area contributed by atoms with Crippen LogP contribution in [-0.2, 0) is 19.9 Å². The molecule has 0 radical (unpaired) electrons. The van der Waals surface area contributed by atoms with Gasteiger partial charge in [0.2, 0.25) is 11.9 Å². The van der Waals surface area contributed by atoms with E-state index in [4.69, 9.17) is 10.1 Å². The van der Waals surface area contributed by atoms with Gasteiger partial charge in [0.15, 0.2) is 6.73 Å². The van der Waals surface area contributed by atoms with Crippen molar-refractivity contribution in [2.75, 3.05) is 13.8 Å². The van der Waals surface area contributed by atoms with Crippen molar-refractivity contribution in [2.24, 2.45) is 0 Å². The molecule has 2 aromatic carbocycles. The lowest BCUT2D eigenvalue weighted by atomic mass is 9.84. The van der Waals surface area contributed by atoms with Crippen LogP contribution in [0.4, 0.5) is 0 Å². The molecular weight excluding hydrogens is 422 g/mol. The van der Waals surface area contributed by atoms with E-state index < -0.39 is 5.54 Å². The molecule has 7 heteroatoms. The molecule has 0 unspecified atom stereocenters. The van der Waals surface area contributed by atoms with Crippen LogP contribution in [-0.4, -0.2) is 41.4 Å². The summed E-state index contributed by atoms with van der Waals surface area (Å²) >= 11 is 1.71. The third-order valence-corrected chi connectivity index (χ3v) is 7.19. The van der Waals surface area contributed by atoms with Gasteiger partial charge in [-0.3, -0.25) is 24.8 Å². The van der Waals surface area contributed by atoms with Gasteiger partial charge < -0.3 is 4.74 Å². The van der Waals surface area contributed by atoms with Crippen LogP contribution < -0.4 is 0 Å². The minimum absolute atomic E-state index is 0.0171. The maximum atomic E-state index is 12.7. The normalized spacial score (nSPS) is 18.8. The van der Waals surface area contributed by atoms with Crippen LogP contribution in [0.1, 0.15) is 44.7 Å². The van der Waals surface area contributed by atoms with Crippen molar-refractivity contribution in [2.45, 2.75) is 39.2 Å². The molecule has 0 spiro atoms. The lowest BCUT2D eigenvalue weighted by molar-refractivity contribution is -0.150. The Balaban J connectivity index is 1.84. The summed E-state index contributed by atoms with van der Waals surface area (Å²) in [5.74, 6) is 5.59. The Labute approximate surface area is 191 Å². The second-order valence-electron chi connectivity index (χ2n) is 8.05. The van der Waals surface area contributed by atoms with Gasteiger partial charge in [-0.05, 0) is 49.7 Å². The Morgan fingerprint density at radius 1 is 1.22 bits per heavy atom. The second-order valence-corrected chi connectivity index (χ2v) is 9.14. The number of thiophene rings is 1. The fraction of sp³-hybridized carbons (Fsp3) is 0.320. The Morgan fingerprint density at radius 2 is 1.91 bits per heavy atom. The molecule has 4 rings (SSSR count). The van der Waals surface area contributed by atoms with Crippen LogP contribution in [0.2, 0.25) is 0 Å². The summed E-state index contributed by atoms with van der Waals surface area (Å²) in [6.45, 7) is 5.39. The highest BCUT2D eigenvalue weighted by atomic mass is 32.1. The monoisotopic (exact) mass is 447 g/mol. The maximum Gasteiger partial charge on any atom is 0.307 e. The third-order valence-electron chi connectivity index (χ3n) is 6.04. The molecule has 0 saturated carbocycles. The minimum atomic E-state index is -0.821. The van der Waals surface area contributed by atoms with E-state index in [9.17, 15) is 9.59 Å². The minimum Gasteiger partial charge on any atom is -0.444 e. The number of esters is 1. The molecule has 1 atom stereocenters. The number of benzene rings is 2. The van der Waals surface area contributed by atoms with E-state index in [-0.39, 0.29) is 37.4 Å². The lowest BCUT2D eigenvalue weighted by Gasteiger charge is -2.48. The SMILES string of the molecule is CC#Cc1ccc2sc3ccc([C@]4(C)CC(=O)N(C)C(=N)N4COC(=O)CC)cc3c2c1. The first kappa shape index (κ1) is 21.8. The summed E-state index contributed by atoms with van der Waals surface area (Å²) < 4.78 is 7.70. The number of amides is 1. The van der Waals surface area contributed by atoms with Crippen LogP contribution in [0.5, 0.6) is 0 Å². The highest BCUT2D eigenvalue weighted by Crippen LogP contribution is 2.41. The number of nitrogens with one attached hydrogen (secondary N) is 1. The molecule has 1 amide bonds. The van der Waals surface area contributed by atoms with E-state index in [1.54, 1.807) is 30.2 Å². The number of hydrogen-bond donors (Lipinski definition) is 1. The van der Waals surface area contributed by atoms with Gasteiger partial charge >= 0.3 is 5.97 Å². The molecule has 1 N–H and O–H groups in total. The van der Waals surface area contributed by atoms with Gasteiger partial charge in [-0.25, -0.2) is 0 Å². The molecule has 1 aliphatic rings. The molecule has 0 aliphatic carbocycles. The highest BCUT2D eigenvalue weighted by Gasteiger charge is 2.45. The fourth-order valence-electron chi connectivity index (χ4n) is 4.08. The van der Waals surface area contributed by atoms with E-state index in [0.29, 0.717) is 0 Å². The van der Waals surface area contributed by atoms with E-state index in [0.717, 1.165) is 26.6 Å². The highest BCUT2D eigenvalue weighted by molar-refractivity contribution is 7.25. The zero-order valence-corrected chi connectivity index (χ0v) is 19.4. The standard InChI is InChI=1S/C25H25N3O3S/c1-5-7-16-8-10-20-18(12-16)19-13-17(9-11-21(19)32-20)25(3)14-22(29)27(4)24(26)28(25)15-31-23(30)6-2/h8-13,26H,6,14-15H2,1-4H3/t25-/m0/s1. The van der Waals surface area contributed by atoms with Crippen molar-refractivity contribution in [3.8, 4) is 11.8 Å². The zero-order valence-electron chi connectivity index (χ0n) is 18.6. The molecule has 164 valence electrons. The number of nitrogens with zero attached hydrogens (tertiary/aromatic N) is 2. The summed E-state index contributed by atoms with van der Waals surface area (Å²) in [6, 6.07) is 12.4. The van der Waals surface area contributed by atoms with Crippen molar-refractivity contribution >= 4 is 49.3 Å².